The molecule has 2 aromatic heterocycles. The molecule has 0 amide bonds. The molecule has 44 heavy (non-hydrogen) atoms. The number of halogens is 3. The molecule has 0 saturated carbocycles. The molecule has 1 unspecified atom stereocenters. The fraction of sp³-hybridized carbons (Fsp3) is 0.355. The van der Waals surface area contributed by atoms with E-state index in [0.29, 0.717) is 52.1 Å². The van der Waals surface area contributed by atoms with Gasteiger partial charge in [-0.25, -0.2) is 35.6 Å². The molecule has 0 aliphatic carbocycles. The number of nitrogens with one attached hydrogen (secondary N) is 1. The van der Waals surface area contributed by atoms with Crippen LogP contribution in [0.2, 0.25) is 0 Å². The molecule has 0 radical (unpaired) electrons. The summed E-state index contributed by atoms with van der Waals surface area (Å²) in [7, 11) is -3.59. The molecule has 234 valence electrons. The second kappa shape index (κ2) is 12.6. The molecule has 1 saturated heterocycles. The van der Waals surface area contributed by atoms with E-state index in [9.17, 15) is 17.2 Å². The number of rotatable bonds is 9. The summed E-state index contributed by atoms with van der Waals surface area (Å²) in [6.07, 6.45) is 5.18. The minimum atomic E-state index is -4.80. The lowest BCUT2D eigenvalue weighted by atomic mass is 10.0. The number of hydrogen-bond donors (Lipinski definition) is 1. The van der Waals surface area contributed by atoms with E-state index < -0.39 is 51.0 Å². The smallest absolute Gasteiger partial charge is 0.269 e. The summed E-state index contributed by atoms with van der Waals surface area (Å²) in [5, 5.41) is 7.93. The lowest BCUT2D eigenvalue weighted by molar-refractivity contribution is -0.0383. The van der Waals surface area contributed by atoms with Crippen molar-refractivity contribution >= 4 is 21.5 Å². The molecule has 3 heterocycles. The van der Waals surface area contributed by atoms with Crippen molar-refractivity contribution in [1.82, 2.24) is 14.8 Å². The highest BCUT2D eigenvalue weighted by molar-refractivity contribution is 7.92. The second-order valence-corrected chi connectivity index (χ2v) is 13.3. The van der Waals surface area contributed by atoms with Gasteiger partial charge in [0.25, 0.3) is 10.0 Å². The molecule has 4 aromatic rings. The maximum absolute atomic E-state index is 16.7. The van der Waals surface area contributed by atoms with Gasteiger partial charge in [0.2, 0.25) is 0 Å². The molecular weight excluding hydrogens is 595 g/mol. The molecule has 2 aromatic carbocycles. The van der Waals surface area contributed by atoms with Gasteiger partial charge >= 0.3 is 0 Å². The Labute approximate surface area is 254 Å². The van der Waals surface area contributed by atoms with Crippen molar-refractivity contribution < 1.29 is 31.1 Å². The van der Waals surface area contributed by atoms with Crippen LogP contribution in [0.25, 0.3) is 22.4 Å². The van der Waals surface area contributed by atoms with E-state index in [-0.39, 0.29) is 11.1 Å². The summed E-state index contributed by atoms with van der Waals surface area (Å²) < 4.78 is 86.0. The molecule has 9 nitrogen and oxygen atoms in total. The van der Waals surface area contributed by atoms with Crippen LogP contribution in [0.15, 0.2) is 65.8 Å². The monoisotopic (exact) mass is 629 g/mol. The Morgan fingerprint density at radius 1 is 1.09 bits per heavy atom. The quantitative estimate of drug-likeness (QED) is 0.205. The second-order valence-electron chi connectivity index (χ2n) is 11.5. The number of benzene rings is 2. The number of pyridine rings is 1. The summed E-state index contributed by atoms with van der Waals surface area (Å²) in [5.41, 5.74) is 0.954. The van der Waals surface area contributed by atoms with Crippen LogP contribution >= 0.6 is 0 Å². The SMILES string of the molecule is COCN(c1cccc(-c2c(-c3ccnc(NC(C)(C)C)c3)cnn2C2CCCCO2)c1F)S(=O)(=O)c1cc(F)ccc1F. The topological polar surface area (TPSA) is 98.6 Å². The molecule has 1 atom stereocenters. The minimum absolute atomic E-state index is 0.0299. The van der Waals surface area contributed by atoms with Crippen LogP contribution in [0.1, 0.15) is 46.3 Å². The lowest BCUT2D eigenvalue weighted by Gasteiger charge is -2.27. The summed E-state index contributed by atoms with van der Waals surface area (Å²) >= 11 is 0. The number of hydrogen-bond acceptors (Lipinski definition) is 7. The third-order valence-corrected chi connectivity index (χ3v) is 8.76. The zero-order valence-electron chi connectivity index (χ0n) is 24.9. The van der Waals surface area contributed by atoms with E-state index in [1.807, 2.05) is 26.8 Å². The zero-order valence-corrected chi connectivity index (χ0v) is 25.7. The molecule has 13 heteroatoms. The van der Waals surface area contributed by atoms with E-state index in [1.54, 1.807) is 23.1 Å². The van der Waals surface area contributed by atoms with Crippen LogP contribution in [0.5, 0.6) is 0 Å². The fourth-order valence-electron chi connectivity index (χ4n) is 5.10. The van der Waals surface area contributed by atoms with Crippen molar-refractivity contribution in [2.24, 2.45) is 0 Å². The molecule has 0 spiro atoms. The third kappa shape index (κ3) is 6.44. The van der Waals surface area contributed by atoms with E-state index in [1.165, 1.54) is 25.3 Å². The first kappa shape index (κ1) is 31.5. The van der Waals surface area contributed by atoms with Crippen molar-refractivity contribution in [1.29, 1.82) is 0 Å². The predicted molar refractivity (Wildman–Crippen MR) is 161 cm³/mol. The van der Waals surface area contributed by atoms with E-state index in [0.717, 1.165) is 18.9 Å². The van der Waals surface area contributed by atoms with Crippen molar-refractivity contribution in [3.8, 4) is 22.4 Å². The molecule has 1 fully saturated rings. The summed E-state index contributed by atoms with van der Waals surface area (Å²) in [4.78, 5) is 3.46. The number of methoxy groups -OCH3 is 1. The molecule has 1 aliphatic heterocycles. The highest BCUT2D eigenvalue weighted by Crippen LogP contribution is 2.41. The van der Waals surface area contributed by atoms with Gasteiger partial charge < -0.3 is 14.8 Å². The predicted octanol–water partition coefficient (Wildman–Crippen LogP) is 6.74. The average Bonchev–Trinajstić information content (AvgIpc) is 3.42. The van der Waals surface area contributed by atoms with Gasteiger partial charge in [-0.3, -0.25) is 0 Å². The number of sulfonamides is 1. The van der Waals surface area contributed by atoms with E-state index in [2.05, 4.69) is 15.4 Å². The summed E-state index contributed by atoms with van der Waals surface area (Å²) in [5.74, 6) is -2.47. The maximum Gasteiger partial charge on any atom is 0.269 e. The first-order valence-corrected chi connectivity index (χ1v) is 15.5. The number of nitrogens with zero attached hydrogens (tertiary/aromatic N) is 4. The van der Waals surface area contributed by atoms with Gasteiger partial charge in [-0.2, -0.15) is 5.10 Å². The Morgan fingerprint density at radius 2 is 1.89 bits per heavy atom. The average molecular weight is 630 g/mol. The van der Waals surface area contributed by atoms with Crippen LogP contribution in [0.4, 0.5) is 24.7 Å². The molecular formula is C31H34F3N5O4S. The Morgan fingerprint density at radius 3 is 2.59 bits per heavy atom. The first-order chi connectivity index (χ1) is 20.9. The van der Waals surface area contributed by atoms with Crippen molar-refractivity contribution in [2.75, 3.05) is 30.1 Å². The van der Waals surface area contributed by atoms with Gasteiger partial charge in [0.15, 0.2) is 12.0 Å². The summed E-state index contributed by atoms with van der Waals surface area (Å²) in [6, 6.07) is 9.88. The highest BCUT2D eigenvalue weighted by Gasteiger charge is 2.33. The highest BCUT2D eigenvalue weighted by atomic mass is 32.2. The van der Waals surface area contributed by atoms with Gasteiger partial charge in [-0.1, -0.05) is 6.07 Å². The van der Waals surface area contributed by atoms with Crippen molar-refractivity contribution in [3.05, 3.63) is 78.4 Å². The van der Waals surface area contributed by atoms with Gasteiger partial charge in [0, 0.05) is 36.6 Å². The first-order valence-electron chi connectivity index (χ1n) is 14.1. The largest absolute Gasteiger partial charge is 0.365 e. The van der Waals surface area contributed by atoms with Gasteiger partial charge in [-0.15, -0.1) is 0 Å². The molecule has 5 rings (SSSR count). The standard InChI is InChI=1S/C31H34F3N5O4S/c1-31(2,3)37-27-16-20(13-14-35-27)23-18-36-39(28-10-5-6-15-43-28)30(23)22-8-7-9-25(29(22)34)38(19-42-4)44(40,41)26-17-21(32)11-12-24(26)33/h7-9,11-14,16-18,28H,5-6,10,15,19H2,1-4H3,(H,35,37). The molecule has 0 bridgehead atoms. The minimum Gasteiger partial charge on any atom is -0.365 e. The van der Waals surface area contributed by atoms with Crippen molar-refractivity contribution in [2.45, 2.75) is 56.7 Å². The number of ether oxygens (including phenoxy) is 2. The molecule has 1 N–H and O–H groups in total. The fourth-order valence-corrected chi connectivity index (χ4v) is 6.56. The summed E-state index contributed by atoms with van der Waals surface area (Å²) in [6.45, 7) is 5.85. The maximum atomic E-state index is 16.7. The Bertz CT molecular complexity index is 1750. The Kier molecular flexibility index (Phi) is 9.00. The number of aromatic nitrogens is 3. The van der Waals surface area contributed by atoms with Gasteiger partial charge in [0.1, 0.15) is 29.1 Å². The zero-order chi connectivity index (χ0) is 31.6. The normalized spacial score (nSPS) is 15.8. The third-order valence-electron chi connectivity index (χ3n) is 7.01. The van der Waals surface area contributed by atoms with Crippen LogP contribution in [-0.4, -0.2) is 49.2 Å². The molecule has 1 aliphatic rings. The lowest BCUT2D eigenvalue weighted by Crippen LogP contribution is -2.34. The van der Waals surface area contributed by atoms with Gasteiger partial charge in [0.05, 0.1) is 17.6 Å². The Hall–Kier alpha value is -3.94. The van der Waals surface area contributed by atoms with Crippen LogP contribution < -0.4 is 9.62 Å². The van der Waals surface area contributed by atoms with Crippen LogP contribution in [0, 0.1) is 17.5 Å². The van der Waals surface area contributed by atoms with Gasteiger partial charge in [-0.05, 0) is 88.1 Å². The van der Waals surface area contributed by atoms with E-state index >= 15 is 4.39 Å². The van der Waals surface area contributed by atoms with Crippen LogP contribution in [0.3, 0.4) is 0 Å². The van der Waals surface area contributed by atoms with E-state index in [4.69, 9.17) is 9.47 Å². The number of anilines is 2. The Balaban J connectivity index is 1.69. The van der Waals surface area contributed by atoms with Crippen molar-refractivity contribution in [3.63, 3.8) is 0 Å². The van der Waals surface area contributed by atoms with Crippen LogP contribution in [-0.2, 0) is 19.5 Å².